The average molecular weight is 326 g/mol. The molecule has 1 aliphatic heterocycles. The van der Waals surface area contributed by atoms with Gasteiger partial charge in [-0.1, -0.05) is 6.07 Å². The number of nitrogens with zero attached hydrogens (tertiary/aromatic N) is 3. The van der Waals surface area contributed by atoms with Gasteiger partial charge in [0.25, 0.3) is 0 Å². The minimum Gasteiger partial charge on any atom is -0.369 e. The number of carbonyl (C=O) groups excluding carboxylic acids is 1. The number of nitrogens with one attached hydrogen (secondary N) is 1. The van der Waals surface area contributed by atoms with Crippen LogP contribution in [-0.4, -0.2) is 70.2 Å². The van der Waals surface area contributed by atoms with E-state index in [9.17, 15) is 13.2 Å². The topological polar surface area (TPSA) is 73.0 Å². The first-order chi connectivity index (χ1) is 10.3. The van der Waals surface area contributed by atoms with Gasteiger partial charge in [0.15, 0.2) is 0 Å². The second-order valence-electron chi connectivity index (χ2n) is 5.52. The number of urea groups is 1. The Kier molecular flexibility index (Phi) is 4.92. The summed E-state index contributed by atoms with van der Waals surface area (Å²) in [6.45, 7) is 2.23. The van der Waals surface area contributed by atoms with E-state index >= 15 is 0 Å². The Morgan fingerprint density at radius 3 is 2.36 bits per heavy atom. The van der Waals surface area contributed by atoms with Crippen molar-refractivity contribution in [3.63, 3.8) is 0 Å². The third kappa shape index (κ3) is 4.11. The molecule has 1 aliphatic rings. The van der Waals surface area contributed by atoms with Crippen LogP contribution in [0.3, 0.4) is 0 Å². The first-order valence-electron chi connectivity index (χ1n) is 7.06. The van der Waals surface area contributed by atoms with Gasteiger partial charge >= 0.3 is 6.03 Å². The van der Waals surface area contributed by atoms with Gasteiger partial charge < -0.3 is 15.1 Å². The molecule has 0 bridgehead atoms. The molecule has 122 valence electrons. The maximum absolute atomic E-state index is 11.7. The number of piperazine rings is 1. The monoisotopic (exact) mass is 326 g/mol. The van der Waals surface area contributed by atoms with Crippen LogP contribution in [0.2, 0.25) is 0 Å². The summed E-state index contributed by atoms with van der Waals surface area (Å²) >= 11 is 0. The van der Waals surface area contributed by atoms with Crippen LogP contribution in [0, 0.1) is 0 Å². The van der Waals surface area contributed by atoms with E-state index in [0.29, 0.717) is 26.2 Å². The van der Waals surface area contributed by atoms with E-state index in [-0.39, 0.29) is 6.03 Å². The molecule has 0 radical (unpaired) electrons. The molecule has 8 heteroatoms. The van der Waals surface area contributed by atoms with Gasteiger partial charge in [-0.15, -0.1) is 0 Å². The fraction of sp³-hybridized carbons (Fsp3) is 0.500. The van der Waals surface area contributed by atoms with E-state index in [2.05, 4.69) is 10.2 Å². The summed E-state index contributed by atoms with van der Waals surface area (Å²) in [6, 6.07) is 7.39. The zero-order valence-electron chi connectivity index (χ0n) is 13.1. The maximum Gasteiger partial charge on any atom is 0.321 e. The Hall–Kier alpha value is -1.80. The third-order valence-corrected chi connectivity index (χ3v) is 4.88. The zero-order chi connectivity index (χ0) is 16.3. The lowest BCUT2D eigenvalue weighted by Gasteiger charge is -2.34. The predicted octanol–water partition coefficient (Wildman–Crippen LogP) is 0.862. The molecule has 1 aromatic carbocycles. The Labute approximate surface area is 131 Å². The molecular formula is C14H22N4O3S. The first-order valence-corrected chi connectivity index (χ1v) is 8.90. The number of amides is 2. The van der Waals surface area contributed by atoms with Crippen LogP contribution in [0.1, 0.15) is 0 Å². The summed E-state index contributed by atoms with van der Waals surface area (Å²) in [5.74, 6) is 0. The number of hydrogen-bond acceptors (Lipinski definition) is 4. The molecule has 1 saturated heterocycles. The van der Waals surface area contributed by atoms with E-state index in [4.69, 9.17) is 0 Å². The van der Waals surface area contributed by atoms with Gasteiger partial charge in [0.1, 0.15) is 0 Å². The molecule has 1 aromatic rings. The van der Waals surface area contributed by atoms with Crippen molar-refractivity contribution < 1.29 is 13.2 Å². The smallest absolute Gasteiger partial charge is 0.321 e. The molecule has 2 amide bonds. The molecule has 1 fully saturated rings. The van der Waals surface area contributed by atoms with Gasteiger partial charge in [0.2, 0.25) is 10.0 Å². The lowest BCUT2D eigenvalue weighted by atomic mass is 10.2. The second-order valence-corrected chi connectivity index (χ2v) is 7.51. The fourth-order valence-electron chi connectivity index (χ4n) is 2.29. The quantitative estimate of drug-likeness (QED) is 0.894. The summed E-state index contributed by atoms with van der Waals surface area (Å²) in [7, 11) is 0.247. The van der Waals surface area contributed by atoms with Crippen molar-refractivity contribution >= 4 is 27.4 Å². The van der Waals surface area contributed by atoms with Crippen molar-refractivity contribution in [3.8, 4) is 0 Å². The molecule has 0 atom stereocenters. The van der Waals surface area contributed by atoms with Crippen LogP contribution in [0.15, 0.2) is 24.3 Å². The molecule has 0 aliphatic carbocycles. The van der Waals surface area contributed by atoms with Crippen LogP contribution in [0.5, 0.6) is 0 Å². The number of anilines is 2. The molecule has 1 N–H and O–H groups in total. The summed E-state index contributed by atoms with van der Waals surface area (Å²) in [4.78, 5) is 15.3. The Balaban J connectivity index is 2.04. The fourth-order valence-corrected chi connectivity index (χ4v) is 3.12. The van der Waals surface area contributed by atoms with Crippen LogP contribution in [0.4, 0.5) is 16.2 Å². The molecule has 0 spiro atoms. The average Bonchev–Trinajstić information content (AvgIpc) is 2.46. The van der Waals surface area contributed by atoms with Gasteiger partial charge in [-0.3, -0.25) is 0 Å². The lowest BCUT2D eigenvalue weighted by Crippen LogP contribution is -2.48. The minimum atomic E-state index is -3.12. The van der Waals surface area contributed by atoms with Crippen LogP contribution < -0.4 is 10.2 Å². The van der Waals surface area contributed by atoms with Gasteiger partial charge in [-0.25, -0.2) is 13.2 Å². The molecular weight excluding hydrogens is 304 g/mol. The summed E-state index contributed by atoms with van der Waals surface area (Å²) in [5, 5.41) is 2.81. The van der Waals surface area contributed by atoms with E-state index in [1.165, 1.54) is 15.5 Å². The van der Waals surface area contributed by atoms with E-state index in [0.717, 1.165) is 11.4 Å². The molecule has 0 aromatic heterocycles. The Morgan fingerprint density at radius 2 is 1.82 bits per heavy atom. The highest BCUT2D eigenvalue weighted by molar-refractivity contribution is 7.88. The van der Waals surface area contributed by atoms with E-state index < -0.39 is 10.0 Å². The summed E-state index contributed by atoms with van der Waals surface area (Å²) in [6.07, 6.45) is 1.24. The Bertz CT molecular complexity index is 637. The number of carbonyl (C=O) groups is 1. The van der Waals surface area contributed by atoms with Crippen LogP contribution >= 0.6 is 0 Å². The normalized spacial score (nSPS) is 16.4. The van der Waals surface area contributed by atoms with Crippen molar-refractivity contribution in [3.05, 3.63) is 24.3 Å². The number of hydrogen-bond donors (Lipinski definition) is 1. The molecule has 7 nitrogen and oxygen atoms in total. The van der Waals surface area contributed by atoms with Crippen molar-refractivity contribution in [1.82, 2.24) is 9.21 Å². The third-order valence-electron chi connectivity index (χ3n) is 3.58. The first kappa shape index (κ1) is 16.6. The number of benzene rings is 1. The highest BCUT2D eigenvalue weighted by Crippen LogP contribution is 2.21. The summed E-state index contributed by atoms with van der Waals surface area (Å²) < 4.78 is 24.5. The van der Waals surface area contributed by atoms with Crippen molar-refractivity contribution in [2.24, 2.45) is 0 Å². The van der Waals surface area contributed by atoms with Gasteiger partial charge in [0, 0.05) is 51.6 Å². The van der Waals surface area contributed by atoms with Crippen molar-refractivity contribution in [1.29, 1.82) is 0 Å². The second kappa shape index (κ2) is 6.53. The van der Waals surface area contributed by atoms with Gasteiger partial charge in [-0.2, -0.15) is 4.31 Å². The van der Waals surface area contributed by atoms with Crippen LogP contribution in [0.25, 0.3) is 0 Å². The molecule has 22 heavy (non-hydrogen) atoms. The molecule has 2 rings (SSSR count). The minimum absolute atomic E-state index is 0.181. The number of rotatable bonds is 3. The largest absolute Gasteiger partial charge is 0.369 e. The molecule has 0 saturated carbocycles. The number of sulfonamides is 1. The van der Waals surface area contributed by atoms with Crippen molar-refractivity contribution in [2.75, 3.05) is 56.7 Å². The molecule has 0 unspecified atom stereocenters. The van der Waals surface area contributed by atoms with Gasteiger partial charge in [-0.05, 0) is 18.2 Å². The summed E-state index contributed by atoms with van der Waals surface area (Å²) in [5.41, 5.74) is 1.70. The predicted molar refractivity (Wildman–Crippen MR) is 87.8 cm³/mol. The maximum atomic E-state index is 11.7. The molecule has 1 heterocycles. The van der Waals surface area contributed by atoms with Crippen LogP contribution in [-0.2, 0) is 10.0 Å². The van der Waals surface area contributed by atoms with E-state index in [1.54, 1.807) is 14.1 Å². The van der Waals surface area contributed by atoms with E-state index in [1.807, 2.05) is 24.3 Å². The van der Waals surface area contributed by atoms with Crippen molar-refractivity contribution in [2.45, 2.75) is 0 Å². The SMILES string of the molecule is CN(C)C(=O)Nc1cccc(N2CCN(S(C)(=O)=O)CC2)c1. The highest BCUT2D eigenvalue weighted by atomic mass is 32.2. The van der Waals surface area contributed by atoms with Gasteiger partial charge in [0.05, 0.1) is 6.26 Å². The lowest BCUT2D eigenvalue weighted by molar-refractivity contribution is 0.230. The Morgan fingerprint density at radius 1 is 1.18 bits per heavy atom. The zero-order valence-corrected chi connectivity index (χ0v) is 13.9. The highest BCUT2D eigenvalue weighted by Gasteiger charge is 2.23. The standard InChI is InChI=1S/C14H22N4O3S/c1-16(2)14(19)15-12-5-4-6-13(11-12)17-7-9-18(10-8-17)22(3,20)21/h4-6,11H,7-10H2,1-3H3,(H,15,19).